The maximum Gasteiger partial charge on any atom is 0.209 e. The summed E-state index contributed by atoms with van der Waals surface area (Å²) < 4.78 is 0. The molecule has 0 aromatic heterocycles. The van der Waals surface area contributed by atoms with Gasteiger partial charge < -0.3 is 34.6 Å². The lowest BCUT2D eigenvalue weighted by atomic mass is 10.3. The first-order chi connectivity index (χ1) is 12.3. The van der Waals surface area contributed by atoms with Crippen molar-refractivity contribution in [3.05, 3.63) is 0 Å². The van der Waals surface area contributed by atoms with Crippen molar-refractivity contribution in [3.8, 4) is 0 Å². The normalized spacial score (nSPS) is 19.3. The molecule has 1 aliphatic heterocycles. The van der Waals surface area contributed by atoms with Gasteiger partial charge in [-0.3, -0.25) is 19.5 Å². The van der Waals surface area contributed by atoms with Gasteiger partial charge in [0.1, 0.15) is 0 Å². The molecule has 11 nitrogen and oxygen atoms in total. The van der Waals surface area contributed by atoms with Crippen LogP contribution in [-0.2, 0) is 19.2 Å². The van der Waals surface area contributed by atoms with Gasteiger partial charge in [0, 0.05) is 72.0 Å². The number of hydrogen-bond donors (Lipinski definition) is 0. The van der Waals surface area contributed by atoms with E-state index in [-0.39, 0.29) is 72.0 Å². The van der Waals surface area contributed by atoms with Crippen molar-refractivity contribution >= 4 is 24.3 Å². The molecule has 0 aromatic carbocycles. The largest absolute Gasteiger partial charge is 0.549 e. The zero-order valence-corrected chi connectivity index (χ0v) is 14.5. The third-order valence-electron chi connectivity index (χ3n) is 4.08. The molecule has 1 saturated heterocycles. The smallest absolute Gasteiger partial charge is 0.209 e. The highest BCUT2D eigenvalue weighted by Crippen LogP contribution is 1.99. The van der Waals surface area contributed by atoms with Crippen LogP contribution in [0, 0.1) is 0 Å². The van der Waals surface area contributed by atoms with E-state index in [2.05, 4.69) is 0 Å². The maximum absolute atomic E-state index is 11.2. The molecule has 0 unspecified atom stereocenters. The summed E-state index contributed by atoms with van der Waals surface area (Å²) in [4.78, 5) is 49.9. The van der Waals surface area contributed by atoms with Crippen LogP contribution in [0.15, 0.2) is 0 Å². The topological polar surface area (TPSA) is 150 Å². The molecular formula is C15H23N4O7-3. The maximum atomic E-state index is 11.2. The number of amides is 1. The van der Waals surface area contributed by atoms with Crippen LogP contribution in [0.1, 0.15) is 0 Å². The number of carboxylic acids is 3. The second kappa shape index (κ2) is 11.4. The summed E-state index contributed by atoms with van der Waals surface area (Å²) in [6, 6.07) is 0. The van der Waals surface area contributed by atoms with Gasteiger partial charge in [0.15, 0.2) is 0 Å². The van der Waals surface area contributed by atoms with Crippen molar-refractivity contribution in [1.82, 2.24) is 19.6 Å². The van der Waals surface area contributed by atoms with E-state index in [0.717, 1.165) is 0 Å². The molecular weight excluding hydrogens is 348 g/mol. The minimum Gasteiger partial charge on any atom is -0.549 e. The average Bonchev–Trinajstić information content (AvgIpc) is 2.53. The van der Waals surface area contributed by atoms with Crippen molar-refractivity contribution in [2.75, 3.05) is 72.0 Å². The Balaban J connectivity index is 2.83. The molecule has 0 spiro atoms. The SMILES string of the molecule is O=CN1CCN(CC(=O)[O-])CCN(CC(=O)[O-])CCN(CC(=O)[O-])CC1. The Kier molecular flexibility index (Phi) is 9.55. The Morgan fingerprint density at radius 3 is 1.12 bits per heavy atom. The number of carbonyl (C=O) groups is 4. The number of carboxylic acid groups (broad SMARTS) is 3. The van der Waals surface area contributed by atoms with Gasteiger partial charge in [-0.25, -0.2) is 0 Å². The van der Waals surface area contributed by atoms with E-state index >= 15 is 0 Å². The van der Waals surface area contributed by atoms with E-state index in [1.165, 1.54) is 4.90 Å². The van der Waals surface area contributed by atoms with Crippen molar-refractivity contribution < 1.29 is 34.5 Å². The summed E-state index contributed by atoms with van der Waals surface area (Å²) in [7, 11) is 0. The molecule has 1 heterocycles. The first-order valence-electron chi connectivity index (χ1n) is 8.26. The zero-order chi connectivity index (χ0) is 19.5. The van der Waals surface area contributed by atoms with E-state index in [9.17, 15) is 34.5 Å². The van der Waals surface area contributed by atoms with E-state index in [1.807, 2.05) is 0 Å². The summed E-state index contributed by atoms with van der Waals surface area (Å²) in [6.07, 6.45) is 0.628. The Labute approximate surface area is 151 Å². The number of hydrogen-bond acceptors (Lipinski definition) is 10. The molecule has 1 amide bonds. The molecule has 1 aliphatic rings. The van der Waals surface area contributed by atoms with Crippen molar-refractivity contribution in [2.24, 2.45) is 0 Å². The van der Waals surface area contributed by atoms with E-state index in [4.69, 9.17) is 0 Å². The Morgan fingerprint density at radius 2 is 0.885 bits per heavy atom. The van der Waals surface area contributed by atoms with Gasteiger partial charge in [0.2, 0.25) is 6.41 Å². The molecule has 0 saturated carbocycles. The Morgan fingerprint density at radius 1 is 0.615 bits per heavy atom. The van der Waals surface area contributed by atoms with Gasteiger partial charge in [-0.15, -0.1) is 0 Å². The summed E-state index contributed by atoms with van der Waals surface area (Å²) in [5.41, 5.74) is 0. The van der Waals surface area contributed by atoms with Gasteiger partial charge >= 0.3 is 0 Å². The predicted octanol–water partition coefficient (Wildman–Crippen LogP) is -6.39. The Hall–Kier alpha value is -2.24. The van der Waals surface area contributed by atoms with Gasteiger partial charge in [0.25, 0.3) is 0 Å². The van der Waals surface area contributed by atoms with Gasteiger partial charge in [-0.05, 0) is 0 Å². The third kappa shape index (κ3) is 9.30. The minimum absolute atomic E-state index is 0.251. The molecule has 1 fully saturated rings. The highest BCUT2D eigenvalue weighted by atomic mass is 16.4. The highest BCUT2D eigenvalue weighted by molar-refractivity contribution is 5.67. The van der Waals surface area contributed by atoms with Crippen LogP contribution in [0.3, 0.4) is 0 Å². The second-order valence-electron chi connectivity index (χ2n) is 6.09. The number of carbonyl (C=O) groups excluding carboxylic acids is 4. The summed E-state index contributed by atoms with van der Waals surface area (Å²) in [6.45, 7) is 1.07. The molecule has 0 bridgehead atoms. The van der Waals surface area contributed by atoms with Crippen LogP contribution in [0.5, 0.6) is 0 Å². The first kappa shape index (κ1) is 21.8. The number of aliphatic carboxylic acids is 3. The average molecular weight is 371 g/mol. The molecule has 148 valence electrons. The molecule has 11 heteroatoms. The summed E-state index contributed by atoms with van der Waals surface area (Å²) in [5.74, 6) is -3.80. The van der Waals surface area contributed by atoms with Crippen LogP contribution in [-0.4, -0.2) is 116 Å². The van der Waals surface area contributed by atoms with E-state index < -0.39 is 17.9 Å². The molecule has 0 N–H and O–H groups in total. The lowest BCUT2D eigenvalue weighted by Gasteiger charge is -2.33. The number of nitrogens with zero attached hydrogens (tertiary/aromatic N) is 4. The standard InChI is InChI=1S/C15H26N4O7/c20-12-19-7-5-17(10-14(23)24)3-1-16(9-13(21)22)2-4-18(6-8-19)11-15(25)26/h12H,1-11H2,(H,21,22)(H,23,24)(H,25,26)/p-3. The number of rotatable bonds is 7. The monoisotopic (exact) mass is 371 g/mol. The van der Waals surface area contributed by atoms with Gasteiger partial charge in [-0.1, -0.05) is 0 Å². The van der Waals surface area contributed by atoms with Gasteiger partial charge in [0.05, 0.1) is 17.9 Å². The van der Waals surface area contributed by atoms with Crippen molar-refractivity contribution in [1.29, 1.82) is 0 Å². The third-order valence-corrected chi connectivity index (χ3v) is 4.08. The molecule has 0 aliphatic carbocycles. The molecule has 0 radical (unpaired) electrons. The van der Waals surface area contributed by atoms with Crippen LogP contribution in [0.4, 0.5) is 0 Å². The lowest BCUT2D eigenvalue weighted by molar-refractivity contribution is -0.308. The fourth-order valence-corrected chi connectivity index (χ4v) is 2.68. The molecule has 0 atom stereocenters. The summed E-state index contributed by atoms with van der Waals surface area (Å²) >= 11 is 0. The van der Waals surface area contributed by atoms with E-state index in [1.54, 1.807) is 14.7 Å². The zero-order valence-electron chi connectivity index (χ0n) is 14.5. The van der Waals surface area contributed by atoms with Crippen LogP contribution >= 0.6 is 0 Å². The van der Waals surface area contributed by atoms with Crippen LogP contribution in [0.2, 0.25) is 0 Å². The van der Waals surface area contributed by atoms with Crippen LogP contribution in [0.25, 0.3) is 0 Å². The quantitative estimate of drug-likeness (QED) is 0.395. The lowest BCUT2D eigenvalue weighted by Crippen LogP contribution is -2.51. The predicted molar refractivity (Wildman–Crippen MR) is 82.0 cm³/mol. The van der Waals surface area contributed by atoms with Crippen LogP contribution < -0.4 is 15.3 Å². The minimum atomic E-state index is -1.28. The van der Waals surface area contributed by atoms with Crippen molar-refractivity contribution in [2.45, 2.75) is 0 Å². The fraction of sp³-hybridized carbons (Fsp3) is 0.733. The second-order valence-corrected chi connectivity index (χ2v) is 6.09. The molecule has 1 rings (SSSR count). The Bertz CT molecular complexity index is 470. The fourth-order valence-electron chi connectivity index (χ4n) is 2.68. The molecule has 26 heavy (non-hydrogen) atoms. The van der Waals surface area contributed by atoms with Gasteiger partial charge in [-0.2, -0.15) is 0 Å². The summed E-state index contributed by atoms with van der Waals surface area (Å²) in [5, 5.41) is 32.7. The van der Waals surface area contributed by atoms with Crippen molar-refractivity contribution in [3.63, 3.8) is 0 Å². The molecule has 0 aromatic rings. The van der Waals surface area contributed by atoms with E-state index in [0.29, 0.717) is 6.41 Å². The first-order valence-corrected chi connectivity index (χ1v) is 8.26. The highest BCUT2D eigenvalue weighted by Gasteiger charge is 2.16.